The Hall–Kier alpha value is -4.03. The van der Waals surface area contributed by atoms with Crippen LogP contribution < -0.4 is 14.4 Å². The van der Waals surface area contributed by atoms with E-state index in [4.69, 9.17) is 9.47 Å². The number of Topliss-reactive ketones (excluding diaryl/α,β-unsaturated/α-hetero) is 1. The molecule has 2 heterocycles. The van der Waals surface area contributed by atoms with Gasteiger partial charge in [-0.1, -0.05) is 36.4 Å². The molecule has 3 aromatic carbocycles. The summed E-state index contributed by atoms with van der Waals surface area (Å²) in [6.07, 6.45) is 9.66. The fourth-order valence-corrected chi connectivity index (χ4v) is 6.73. The number of phenolic OH excluding ortho intramolecular Hbond substituents is 1. The molecule has 1 N–H and O–H groups in total. The topological polar surface area (TPSA) is 62.2 Å². The molecule has 1 saturated heterocycles. The number of carbonyl (C=O) groups is 1. The molecular weight excluding hydrogens is 524 g/mol. The normalized spacial score (nSPS) is 19.8. The van der Waals surface area contributed by atoms with E-state index in [1.165, 1.54) is 5.56 Å². The van der Waals surface area contributed by atoms with Crippen LogP contribution in [0.1, 0.15) is 60.2 Å². The van der Waals surface area contributed by atoms with Gasteiger partial charge in [-0.05, 0) is 106 Å². The van der Waals surface area contributed by atoms with E-state index in [0.29, 0.717) is 17.4 Å². The lowest BCUT2D eigenvalue weighted by molar-refractivity contribution is 0.0895. The molecular formula is C36H40N2O4. The summed E-state index contributed by atoms with van der Waals surface area (Å²) < 4.78 is 11.9. The van der Waals surface area contributed by atoms with Crippen LogP contribution in [0, 0.1) is 11.8 Å². The van der Waals surface area contributed by atoms with Gasteiger partial charge in [0.25, 0.3) is 0 Å². The summed E-state index contributed by atoms with van der Waals surface area (Å²) in [6.45, 7) is 7.40. The van der Waals surface area contributed by atoms with Crippen molar-refractivity contribution in [2.24, 2.45) is 11.8 Å². The molecule has 2 aliphatic heterocycles. The third-order valence-corrected chi connectivity index (χ3v) is 8.87. The van der Waals surface area contributed by atoms with Crippen LogP contribution in [0.2, 0.25) is 0 Å². The van der Waals surface area contributed by atoms with Crippen LogP contribution in [-0.2, 0) is 13.0 Å². The van der Waals surface area contributed by atoms with Gasteiger partial charge >= 0.3 is 0 Å². The average Bonchev–Trinajstić information content (AvgIpc) is 3.30. The molecule has 0 aromatic heterocycles. The Morgan fingerprint density at radius 3 is 2.52 bits per heavy atom. The average molecular weight is 565 g/mol. The Labute approximate surface area is 248 Å². The van der Waals surface area contributed by atoms with Gasteiger partial charge in [0.05, 0.1) is 12.8 Å². The second-order valence-electron chi connectivity index (χ2n) is 12.1. The number of phenols is 1. The zero-order chi connectivity index (χ0) is 29.2. The van der Waals surface area contributed by atoms with Crippen LogP contribution in [0.4, 0.5) is 5.69 Å². The molecule has 1 fully saturated rings. The van der Waals surface area contributed by atoms with Crippen LogP contribution >= 0.6 is 0 Å². The first-order valence-electron chi connectivity index (χ1n) is 15.1. The quantitative estimate of drug-likeness (QED) is 0.292. The third kappa shape index (κ3) is 5.82. The van der Waals surface area contributed by atoms with Gasteiger partial charge in [0.1, 0.15) is 12.0 Å². The largest absolute Gasteiger partial charge is 0.508 e. The van der Waals surface area contributed by atoms with Crippen LogP contribution in [0.5, 0.6) is 17.2 Å². The molecule has 0 bridgehead atoms. The van der Waals surface area contributed by atoms with Crippen LogP contribution in [0.25, 0.3) is 6.08 Å². The molecule has 3 aromatic rings. The first-order valence-corrected chi connectivity index (χ1v) is 15.1. The number of aromatic hydroxyl groups is 1. The highest BCUT2D eigenvalue weighted by atomic mass is 16.5. The summed E-state index contributed by atoms with van der Waals surface area (Å²) in [6, 6.07) is 20.1. The molecule has 0 amide bonds. The second-order valence-corrected chi connectivity index (χ2v) is 12.1. The zero-order valence-corrected chi connectivity index (χ0v) is 24.8. The monoisotopic (exact) mass is 564 g/mol. The maximum Gasteiger partial charge on any atom is 0.169 e. The van der Waals surface area contributed by atoms with E-state index in [9.17, 15) is 9.90 Å². The van der Waals surface area contributed by atoms with Crippen molar-refractivity contribution in [1.82, 2.24) is 4.90 Å². The summed E-state index contributed by atoms with van der Waals surface area (Å²) in [5.41, 5.74) is 6.02. The van der Waals surface area contributed by atoms with E-state index in [0.717, 1.165) is 73.4 Å². The predicted molar refractivity (Wildman–Crippen MR) is 167 cm³/mol. The molecule has 1 unspecified atom stereocenters. The van der Waals surface area contributed by atoms with E-state index >= 15 is 0 Å². The predicted octanol–water partition coefficient (Wildman–Crippen LogP) is 7.22. The number of carbonyl (C=O) groups excluding carboxylic acids is 1. The van der Waals surface area contributed by atoms with Crippen molar-refractivity contribution in [3.8, 4) is 17.2 Å². The van der Waals surface area contributed by atoms with Gasteiger partial charge < -0.3 is 19.5 Å². The van der Waals surface area contributed by atoms with E-state index < -0.39 is 0 Å². The van der Waals surface area contributed by atoms with Crippen molar-refractivity contribution in [1.29, 1.82) is 0 Å². The molecule has 6 rings (SSSR count). The number of anilines is 1. The molecule has 1 atom stereocenters. The summed E-state index contributed by atoms with van der Waals surface area (Å²) in [5, 5.41) is 9.92. The number of hydrogen-bond acceptors (Lipinski definition) is 6. The number of ketones is 1. The first kappa shape index (κ1) is 28.1. The summed E-state index contributed by atoms with van der Waals surface area (Å²) in [7, 11) is 1.64. The van der Waals surface area contributed by atoms with Gasteiger partial charge in [-0.15, -0.1) is 0 Å². The number of rotatable bonds is 8. The van der Waals surface area contributed by atoms with Gasteiger partial charge in [-0.2, -0.15) is 0 Å². The standard InChI is InChI=1S/C36H40N2O4/c1-24(2)38-30(10-9-27-19-31(39)11-12-33(27)38)23-42-35-21-32-28(20-34(35)41-3)18-29(36(32)40)17-25-13-15-37(16-14-25)22-26-7-5-4-6-8-26/h4-12,19-21,23-25,29,39H,13-18,22H2,1-3H3/b30-23-. The Morgan fingerprint density at radius 1 is 1.00 bits per heavy atom. The number of ether oxygens (including phenoxy) is 2. The smallest absolute Gasteiger partial charge is 0.169 e. The van der Waals surface area contributed by atoms with Crippen LogP contribution in [-0.4, -0.2) is 42.0 Å². The van der Waals surface area contributed by atoms with Crippen molar-refractivity contribution in [2.75, 3.05) is 25.1 Å². The molecule has 42 heavy (non-hydrogen) atoms. The number of hydrogen-bond donors (Lipinski definition) is 1. The zero-order valence-electron chi connectivity index (χ0n) is 24.8. The molecule has 6 nitrogen and oxygen atoms in total. The minimum absolute atomic E-state index is 0.0228. The molecule has 0 spiro atoms. The number of methoxy groups -OCH3 is 1. The number of allylic oxidation sites excluding steroid dienone is 1. The minimum Gasteiger partial charge on any atom is -0.508 e. The van der Waals surface area contributed by atoms with Crippen molar-refractivity contribution in [2.45, 2.75) is 52.1 Å². The molecule has 3 aliphatic rings. The number of benzene rings is 3. The molecule has 1 aliphatic carbocycles. The molecule has 6 heteroatoms. The maximum absolute atomic E-state index is 13.6. The van der Waals surface area contributed by atoms with Crippen molar-refractivity contribution < 1.29 is 19.4 Å². The second kappa shape index (κ2) is 12.1. The van der Waals surface area contributed by atoms with E-state index in [1.54, 1.807) is 25.5 Å². The Kier molecular flexibility index (Phi) is 8.07. The van der Waals surface area contributed by atoms with Crippen molar-refractivity contribution >= 4 is 17.5 Å². The van der Waals surface area contributed by atoms with Gasteiger partial charge in [0.15, 0.2) is 17.3 Å². The number of piperidine rings is 1. The number of likely N-dealkylation sites (tertiary alicyclic amines) is 1. The fraction of sp³-hybridized carbons (Fsp3) is 0.361. The highest BCUT2D eigenvalue weighted by molar-refractivity contribution is 6.03. The lowest BCUT2D eigenvalue weighted by Gasteiger charge is -2.33. The van der Waals surface area contributed by atoms with Crippen molar-refractivity contribution in [3.05, 3.63) is 101 Å². The van der Waals surface area contributed by atoms with E-state index in [-0.39, 0.29) is 23.5 Å². The minimum atomic E-state index is 0.0228. The highest BCUT2D eigenvalue weighted by Gasteiger charge is 2.34. The number of fused-ring (bicyclic) bond motifs is 2. The van der Waals surface area contributed by atoms with Crippen LogP contribution in [0.15, 0.2) is 78.7 Å². The maximum atomic E-state index is 13.6. The lowest BCUT2D eigenvalue weighted by atomic mass is 9.85. The third-order valence-electron chi connectivity index (χ3n) is 8.87. The van der Waals surface area contributed by atoms with E-state index in [2.05, 4.69) is 54.0 Å². The Morgan fingerprint density at radius 2 is 1.79 bits per heavy atom. The number of nitrogens with zero attached hydrogens (tertiary/aromatic N) is 2. The molecule has 0 saturated carbocycles. The summed E-state index contributed by atoms with van der Waals surface area (Å²) in [4.78, 5) is 18.3. The lowest BCUT2D eigenvalue weighted by Crippen LogP contribution is -2.34. The fourth-order valence-electron chi connectivity index (χ4n) is 6.73. The highest BCUT2D eigenvalue weighted by Crippen LogP contribution is 2.41. The van der Waals surface area contributed by atoms with Crippen molar-refractivity contribution in [3.63, 3.8) is 0 Å². The first-order chi connectivity index (χ1) is 20.4. The molecule has 218 valence electrons. The SMILES string of the molecule is COc1cc2c(cc1O/C=C1/C=Cc3cc(O)ccc3N1C(C)C)C(=O)C(CC1CCN(Cc3ccccc3)CC1)C2. The Bertz CT molecular complexity index is 1500. The van der Waals surface area contributed by atoms with Gasteiger partial charge in [0.2, 0.25) is 0 Å². The van der Waals surface area contributed by atoms with Gasteiger partial charge in [-0.25, -0.2) is 0 Å². The Balaban J connectivity index is 1.13. The molecule has 0 radical (unpaired) electrons. The van der Waals surface area contributed by atoms with Crippen LogP contribution in [0.3, 0.4) is 0 Å². The van der Waals surface area contributed by atoms with E-state index in [1.807, 2.05) is 30.4 Å². The van der Waals surface area contributed by atoms with Gasteiger partial charge in [-0.3, -0.25) is 9.69 Å². The summed E-state index contributed by atoms with van der Waals surface area (Å²) in [5.74, 6) is 2.24. The van der Waals surface area contributed by atoms with Gasteiger partial charge in [0, 0.05) is 35.3 Å². The summed E-state index contributed by atoms with van der Waals surface area (Å²) >= 11 is 0.